The lowest BCUT2D eigenvalue weighted by Gasteiger charge is -2.17. The third-order valence-corrected chi connectivity index (χ3v) is 2.73. The summed E-state index contributed by atoms with van der Waals surface area (Å²) in [6.07, 6.45) is 6.39. The molecule has 1 saturated heterocycles. The van der Waals surface area contributed by atoms with Gasteiger partial charge < -0.3 is 0 Å². The summed E-state index contributed by atoms with van der Waals surface area (Å²) in [5, 5.41) is 0. The van der Waals surface area contributed by atoms with E-state index < -0.39 is 0 Å². The second-order valence-electron chi connectivity index (χ2n) is 3.90. The zero-order chi connectivity index (χ0) is 11.4. The molecule has 1 aliphatic rings. The minimum atomic E-state index is -0.222. The number of hydrogen-bond donors (Lipinski definition) is 0. The molecule has 4 nitrogen and oxygen atoms in total. The van der Waals surface area contributed by atoms with E-state index >= 15 is 0 Å². The number of pyridine rings is 1. The van der Waals surface area contributed by atoms with Crippen molar-refractivity contribution in [2.45, 2.75) is 25.7 Å². The molecule has 0 aromatic carbocycles. The molecule has 1 aromatic rings. The lowest BCUT2D eigenvalue weighted by atomic mass is 10.2. The third-order valence-electron chi connectivity index (χ3n) is 2.73. The Morgan fingerprint density at radius 2 is 2.19 bits per heavy atom. The molecule has 2 rings (SSSR count). The smallest absolute Gasteiger partial charge is 0.262 e. The normalized spacial score (nSPS) is 17.0. The minimum Gasteiger partial charge on any atom is -0.278 e. The van der Waals surface area contributed by atoms with Gasteiger partial charge in [-0.25, -0.2) is 0 Å². The number of amides is 2. The van der Waals surface area contributed by atoms with Gasteiger partial charge in [-0.05, 0) is 25.0 Å². The van der Waals surface area contributed by atoms with Crippen molar-refractivity contribution in [2.24, 2.45) is 0 Å². The standard InChI is InChI=1S/C12H14N2O2/c15-11-6-2-1-3-8-14(11)12(16)10-5-4-7-13-9-10/h4-5,7,9H,1-3,6,8H2. The molecule has 0 N–H and O–H groups in total. The first-order valence-electron chi connectivity index (χ1n) is 5.54. The van der Waals surface area contributed by atoms with Crippen LogP contribution in [0, 0.1) is 0 Å². The van der Waals surface area contributed by atoms with Crippen LogP contribution in [0.3, 0.4) is 0 Å². The molecule has 1 aromatic heterocycles. The lowest BCUT2D eigenvalue weighted by molar-refractivity contribution is -0.128. The van der Waals surface area contributed by atoms with Gasteiger partial charge in [0.1, 0.15) is 0 Å². The van der Waals surface area contributed by atoms with Gasteiger partial charge in [-0.1, -0.05) is 6.42 Å². The van der Waals surface area contributed by atoms with Crippen molar-refractivity contribution in [3.63, 3.8) is 0 Å². The maximum Gasteiger partial charge on any atom is 0.262 e. The van der Waals surface area contributed by atoms with E-state index in [4.69, 9.17) is 0 Å². The van der Waals surface area contributed by atoms with Crippen LogP contribution in [0.2, 0.25) is 0 Å². The maximum absolute atomic E-state index is 12.0. The summed E-state index contributed by atoms with van der Waals surface area (Å²) in [6, 6.07) is 3.39. The number of nitrogens with zero attached hydrogens (tertiary/aromatic N) is 2. The van der Waals surface area contributed by atoms with Gasteiger partial charge >= 0.3 is 0 Å². The SMILES string of the molecule is O=C1CCCCCN1C(=O)c1cccnc1. The number of rotatable bonds is 1. The van der Waals surface area contributed by atoms with Crippen LogP contribution in [0.15, 0.2) is 24.5 Å². The molecule has 2 amide bonds. The Labute approximate surface area is 94.3 Å². The molecule has 1 aliphatic heterocycles. The highest BCUT2D eigenvalue weighted by Gasteiger charge is 2.23. The Morgan fingerprint density at radius 3 is 2.94 bits per heavy atom. The van der Waals surface area contributed by atoms with Crippen molar-refractivity contribution < 1.29 is 9.59 Å². The van der Waals surface area contributed by atoms with Crippen LogP contribution in [0.5, 0.6) is 0 Å². The summed E-state index contributed by atoms with van der Waals surface area (Å²) in [4.78, 5) is 29.0. The molecule has 16 heavy (non-hydrogen) atoms. The second-order valence-corrected chi connectivity index (χ2v) is 3.90. The zero-order valence-electron chi connectivity index (χ0n) is 9.06. The molecule has 0 radical (unpaired) electrons. The molecule has 84 valence electrons. The van der Waals surface area contributed by atoms with Crippen LogP contribution in [-0.4, -0.2) is 28.2 Å². The first kappa shape index (κ1) is 10.8. The summed E-state index contributed by atoms with van der Waals surface area (Å²) < 4.78 is 0. The Hall–Kier alpha value is -1.71. The van der Waals surface area contributed by atoms with Gasteiger partial charge in [-0.3, -0.25) is 19.5 Å². The molecule has 0 spiro atoms. The van der Waals surface area contributed by atoms with Crippen molar-refractivity contribution in [1.82, 2.24) is 9.88 Å². The van der Waals surface area contributed by atoms with Crippen LogP contribution in [0.1, 0.15) is 36.0 Å². The zero-order valence-corrected chi connectivity index (χ0v) is 9.06. The molecular weight excluding hydrogens is 204 g/mol. The largest absolute Gasteiger partial charge is 0.278 e. The molecule has 0 atom stereocenters. The highest BCUT2D eigenvalue weighted by molar-refractivity contribution is 6.04. The van der Waals surface area contributed by atoms with E-state index in [1.807, 2.05) is 0 Å². The topological polar surface area (TPSA) is 50.3 Å². The number of carbonyl (C=O) groups excluding carboxylic acids is 2. The second kappa shape index (κ2) is 4.88. The average Bonchev–Trinajstić information content (AvgIpc) is 2.54. The van der Waals surface area contributed by atoms with Crippen molar-refractivity contribution >= 4 is 11.8 Å². The summed E-state index contributed by atoms with van der Waals surface area (Å²) in [7, 11) is 0. The highest BCUT2D eigenvalue weighted by Crippen LogP contribution is 2.13. The van der Waals surface area contributed by atoms with Crippen molar-refractivity contribution in [3.8, 4) is 0 Å². The van der Waals surface area contributed by atoms with E-state index in [2.05, 4.69) is 4.98 Å². The predicted molar refractivity (Wildman–Crippen MR) is 58.7 cm³/mol. The minimum absolute atomic E-state index is 0.0636. The van der Waals surface area contributed by atoms with Crippen molar-refractivity contribution in [2.75, 3.05) is 6.54 Å². The van der Waals surface area contributed by atoms with E-state index in [1.54, 1.807) is 18.3 Å². The molecule has 1 fully saturated rings. The molecular formula is C12H14N2O2. The van der Waals surface area contributed by atoms with Crippen LogP contribution in [0.4, 0.5) is 0 Å². The first-order valence-corrected chi connectivity index (χ1v) is 5.54. The molecule has 0 aliphatic carbocycles. The number of aromatic nitrogens is 1. The number of hydrogen-bond acceptors (Lipinski definition) is 3. The lowest BCUT2D eigenvalue weighted by Crippen LogP contribution is -2.36. The van der Waals surface area contributed by atoms with E-state index in [-0.39, 0.29) is 11.8 Å². The molecule has 2 heterocycles. The maximum atomic E-state index is 12.0. The fourth-order valence-electron chi connectivity index (χ4n) is 1.84. The van der Waals surface area contributed by atoms with E-state index in [0.29, 0.717) is 18.5 Å². The Kier molecular flexibility index (Phi) is 3.29. The number of carbonyl (C=O) groups is 2. The summed E-state index contributed by atoms with van der Waals surface area (Å²) >= 11 is 0. The van der Waals surface area contributed by atoms with Gasteiger partial charge in [0.25, 0.3) is 5.91 Å². The summed E-state index contributed by atoms with van der Waals surface area (Å²) in [5.41, 5.74) is 0.484. The number of imide groups is 1. The van der Waals surface area contributed by atoms with E-state index in [9.17, 15) is 9.59 Å². The highest BCUT2D eigenvalue weighted by atomic mass is 16.2. The molecule has 0 bridgehead atoms. The summed E-state index contributed by atoms with van der Waals surface area (Å²) in [5.74, 6) is -0.286. The fraction of sp³-hybridized carbons (Fsp3) is 0.417. The van der Waals surface area contributed by atoms with Gasteiger partial charge in [0.2, 0.25) is 5.91 Å². The van der Waals surface area contributed by atoms with Crippen molar-refractivity contribution in [3.05, 3.63) is 30.1 Å². The Bertz CT molecular complexity index is 389. The monoisotopic (exact) mass is 218 g/mol. The van der Waals surface area contributed by atoms with Crippen LogP contribution >= 0.6 is 0 Å². The van der Waals surface area contributed by atoms with E-state index in [1.165, 1.54) is 11.1 Å². The van der Waals surface area contributed by atoms with Crippen molar-refractivity contribution in [1.29, 1.82) is 0 Å². The van der Waals surface area contributed by atoms with Crippen LogP contribution < -0.4 is 0 Å². The average molecular weight is 218 g/mol. The summed E-state index contributed by atoms with van der Waals surface area (Å²) in [6.45, 7) is 0.534. The first-order chi connectivity index (χ1) is 7.79. The van der Waals surface area contributed by atoms with E-state index in [0.717, 1.165) is 19.3 Å². The molecule has 4 heteroatoms. The Balaban J connectivity index is 2.17. The number of likely N-dealkylation sites (tertiary alicyclic amines) is 1. The van der Waals surface area contributed by atoms with Gasteiger partial charge in [0.05, 0.1) is 5.56 Å². The Morgan fingerprint density at radius 1 is 1.31 bits per heavy atom. The quantitative estimate of drug-likeness (QED) is 0.673. The fourth-order valence-corrected chi connectivity index (χ4v) is 1.84. The molecule has 0 saturated carbocycles. The van der Waals surface area contributed by atoms with Gasteiger partial charge in [-0.15, -0.1) is 0 Å². The third kappa shape index (κ3) is 2.27. The van der Waals surface area contributed by atoms with Gasteiger partial charge in [0.15, 0.2) is 0 Å². The predicted octanol–water partition coefficient (Wildman–Crippen LogP) is 1.62. The van der Waals surface area contributed by atoms with Crippen LogP contribution in [0.25, 0.3) is 0 Å². The van der Waals surface area contributed by atoms with Crippen LogP contribution in [-0.2, 0) is 4.79 Å². The molecule has 0 unspecified atom stereocenters. The van der Waals surface area contributed by atoms with Gasteiger partial charge in [-0.2, -0.15) is 0 Å². The van der Waals surface area contributed by atoms with Gasteiger partial charge in [0, 0.05) is 25.4 Å².